The van der Waals surface area contributed by atoms with Crippen LogP contribution in [0.1, 0.15) is 46.5 Å². The number of hydrogen-bond donors (Lipinski definition) is 0. The maximum Gasteiger partial charge on any atom is 0.226 e. The van der Waals surface area contributed by atoms with Crippen molar-refractivity contribution >= 4 is 5.91 Å². The largest absolute Gasteiger partial charge is 0.319 e. The van der Waals surface area contributed by atoms with Gasteiger partial charge in [-0.3, -0.25) is 4.79 Å². The summed E-state index contributed by atoms with van der Waals surface area (Å²) in [6.45, 7) is 6.16. The first-order chi connectivity index (χ1) is 6.68. The molecule has 2 fully saturated rings. The van der Waals surface area contributed by atoms with Gasteiger partial charge in [-0.15, -0.1) is 0 Å². The molecule has 0 bridgehead atoms. The van der Waals surface area contributed by atoms with Crippen molar-refractivity contribution in [2.75, 3.05) is 7.05 Å². The van der Waals surface area contributed by atoms with Gasteiger partial charge in [0.1, 0.15) is 0 Å². The number of likely N-dealkylation sites (tertiary alicyclic amines) is 1. The van der Waals surface area contributed by atoms with Gasteiger partial charge >= 0.3 is 0 Å². The zero-order valence-corrected chi connectivity index (χ0v) is 9.76. The molecular weight excluding hydrogens is 174 g/mol. The van der Waals surface area contributed by atoms with Crippen LogP contribution in [0.25, 0.3) is 0 Å². The number of piperidine rings is 1. The molecule has 0 radical (unpaired) electrons. The molecule has 2 rings (SSSR count). The zero-order chi connectivity index (χ0) is 10.7. The Morgan fingerprint density at radius 1 is 1.21 bits per heavy atom. The number of carbonyl (C=O) groups is 1. The lowest BCUT2D eigenvalue weighted by atomic mass is 9.95. The summed E-state index contributed by atoms with van der Waals surface area (Å²) in [4.78, 5) is 13.3. The van der Waals surface area contributed by atoms with Crippen molar-refractivity contribution in [2.45, 2.75) is 46.5 Å². The van der Waals surface area contributed by atoms with E-state index in [0.29, 0.717) is 11.8 Å². The number of allylic oxidation sites excluding steroid dienone is 2. The van der Waals surface area contributed by atoms with Crippen LogP contribution in [0.4, 0.5) is 0 Å². The van der Waals surface area contributed by atoms with Gasteiger partial charge in [-0.05, 0) is 30.8 Å². The molecule has 0 N–H and O–H groups in total. The molecule has 2 nitrogen and oxygen atoms in total. The van der Waals surface area contributed by atoms with E-state index in [1.807, 2.05) is 25.8 Å². The molecule has 0 aromatic rings. The van der Waals surface area contributed by atoms with Crippen molar-refractivity contribution in [2.24, 2.45) is 5.92 Å². The minimum atomic E-state index is 0.295. The Bertz CT molecular complexity index is 249. The van der Waals surface area contributed by atoms with Gasteiger partial charge in [0.2, 0.25) is 5.91 Å². The predicted octanol–water partition coefficient (Wildman–Crippen LogP) is 2.95. The fourth-order valence-corrected chi connectivity index (χ4v) is 1.86. The number of hydrogen-bond acceptors (Lipinski definition) is 1. The van der Waals surface area contributed by atoms with Crippen LogP contribution in [0.15, 0.2) is 11.3 Å². The van der Waals surface area contributed by atoms with E-state index < -0.39 is 0 Å². The Balaban J connectivity index is 0.000000461. The van der Waals surface area contributed by atoms with Gasteiger partial charge in [0.15, 0.2) is 0 Å². The summed E-state index contributed by atoms with van der Waals surface area (Å²) in [5.41, 5.74) is 2.83. The summed E-state index contributed by atoms with van der Waals surface area (Å²) in [5, 5.41) is 0. The molecule has 1 atom stereocenters. The van der Waals surface area contributed by atoms with E-state index in [9.17, 15) is 4.79 Å². The molecular formula is C12H21NO. The van der Waals surface area contributed by atoms with Gasteiger partial charge in [-0.2, -0.15) is 0 Å². The highest BCUT2D eigenvalue weighted by atomic mass is 16.2. The topological polar surface area (TPSA) is 20.3 Å². The lowest BCUT2D eigenvalue weighted by Crippen LogP contribution is -2.33. The van der Waals surface area contributed by atoms with Crippen LogP contribution in [0, 0.1) is 5.92 Å². The van der Waals surface area contributed by atoms with Crippen LogP contribution >= 0.6 is 0 Å². The molecule has 0 aromatic heterocycles. The van der Waals surface area contributed by atoms with Crippen molar-refractivity contribution in [1.82, 2.24) is 4.90 Å². The van der Waals surface area contributed by atoms with E-state index in [2.05, 4.69) is 6.92 Å². The van der Waals surface area contributed by atoms with Crippen molar-refractivity contribution in [3.8, 4) is 0 Å². The van der Waals surface area contributed by atoms with Gasteiger partial charge < -0.3 is 4.90 Å². The SMILES string of the molecule is CC.CC1CC(=O)N(C)C(=C2CC2)C1. The lowest BCUT2D eigenvalue weighted by molar-refractivity contribution is -0.130. The summed E-state index contributed by atoms with van der Waals surface area (Å²) in [6, 6.07) is 0. The molecule has 1 saturated heterocycles. The van der Waals surface area contributed by atoms with E-state index >= 15 is 0 Å². The number of rotatable bonds is 0. The number of carbonyl (C=O) groups excluding carboxylic acids is 1. The Kier molecular flexibility index (Phi) is 3.73. The van der Waals surface area contributed by atoms with E-state index in [1.54, 1.807) is 0 Å². The van der Waals surface area contributed by atoms with Gasteiger partial charge in [-0.1, -0.05) is 20.8 Å². The van der Waals surface area contributed by atoms with Crippen LogP contribution in [0.2, 0.25) is 0 Å². The van der Waals surface area contributed by atoms with Crippen LogP contribution in [0.5, 0.6) is 0 Å². The normalized spacial score (nSPS) is 25.9. The van der Waals surface area contributed by atoms with E-state index in [-0.39, 0.29) is 0 Å². The van der Waals surface area contributed by atoms with Crippen molar-refractivity contribution in [1.29, 1.82) is 0 Å². The monoisotopic (exact) mass is 195 g/mol. The molecule has 1 aliphatic heterocycles. The third kappa shape index (κ3) is 2.37. The minimum Gasteiger partial charge on any atom is -0.319 e. The maximum atomic E-state index is 11.4. The van der Waals surface area contributed by atoms with Crippen LogP contribution in [0.3, 0.4) is 0 Å². The smallest absolute Gasteiger partial charge is 0.226 e. The van der Waals surface area contributed by atoms with Crippen LogP contribution in [-0.2, 0) is 4.79 Å². The molecule has 0 spiro atoms. The molecule has 1 aliphatic carbocycles. The molecule has 2 heteroatoms. The van der Waals surface area contributed by atoms with Gasteiger partial charge in [0.05, 0.1) is 0 Å². The second-order valence-electron chi connectivity index (χ2n) is 4.02. The van der Waals surface area contributed by atoms with Gasteiger partial charge in [-0.25, -0.2) is 0 Å². The third-order valence-electron chi connectivity index (χ3n) is 2.75. The van der Waals surface area contributed by atoms with Crippen molar-refractivity contribution in [3.05, 3.63) is 11.3 Å². The van der Waals surface area contributed by atoms with Gasteiger partial charge in [0.25, 0.3) is 0 Å². The average molecular weight is 195 g/mol. The summed E-state index contributed by atoms with van der Waals surface area (Å²) in [7, 11) is 1.91. The molecule has 0 aromatic carbocycles. The zero-order valence-electron chi connectivity index (χ0n) is 9.76. The van der Waals surface area contributed by atoms with E-state index in [4.69, 9.17) is 0 Å². The fourth-order valence-electron chi connectivity index (χ4n) is 1.86. The van der Waals surface area contributed by atoms with Crippen molar-refractivity contribution in [3.63, 3.8) is 0 Å². The highest BCUT2D eigenvalue weighted by Gasteiger charge is 2.29. The van der Waals surface area contributed by atoms with Crippen LogP contribution in [-0.4, -0.2) is 17.9 Å². The number of amides is 1. The Labute approximate surface area is 87.0 Å². The summed E-state index contributed by atoms with van der Waals surface area (Å²) in [6.07, 6.45) is 4.28. The molecule has 1 saturated carbocycles. The third-order valence-corrected chi connectivity index (χ3v) is 2.75. The summed E-state index contributed by atoms with van der Waals surface area (Å²) < 4.78 is 0. The number of nitrogens with zero attached hydrogens (tertiary/aromatic N) is 1. The summed E-state index contributed by atoms with van der Waals surface area (Å²) >= 11 is 0. The van der Waals surface area contributed by atoms with E-state index in [0.717, 1.165) is 12.8 Å². The molecule has 14 heavy (non-hydrogen) atoms. The Morgan fingerprint density at radius 3 is 2.29 bits per heavy atom. The van der Waals surface area contributed by atoms with Crippen LogP contribution < -0.4 is 0 Å². The first-order valence-electron chi connectivity index (χ1n) is 5.66. The van der Waals surface area contributed by atoms with Crippen molar-refractivity contribution < 1.29 is 4.79 Å². The lowest BCUT2D eigenvalue weighted by Gasteiger charge is -2.29. The standard InChI is InChI=1S/C10H15NO.C2H6/c1-7-5-9(8-3-4-8)11(2)10(12)6-7;1-2/h7H,3-6H2,1-2H3;1-2H3. The highest BCUT2D eigenvalue weighted by molar-refractivity contribution is 5.79. The molecule has 1 heterocycles. The quantitative estimate of drug-likeness (QED) is 0.582. The second kappa shape index (κ2) is 4.63. The predicted molar refractivity (Wildman–Crippen MR) is 58.8 cm³/mol. The average Bonchev–Trinajstić information content (AvgIpc) is 2.98. The molecule has 2 aliphatic rings. The Hall–Kier alpha value is -0.790. The highest BCUT2D eigenvalue weighted by Crippen LogP contribution is 2.38. The summed E-state index contributed by atoms with van der Waals surface area (Å²) in [5.74, 6) is 0.847. The fraction of sp³-hybridized carbons (Fsp3) is 0.750. The maximum absolute atomic E-state index is 11.4. The molecule has 1 unspecified atom stereocenters. The first-order valence-corrected chi connectivity index (χ1v) is 5.66. The molecule has 1 amide bonds. The second-order valence-corrected chi connectivity index (χ2v) is 4.02. The van der Waals surface area contributed by atoms with Gasteiger partial charge in [0, 0.05) is 19.2 Å². The first kappa shape index (κ1) is 11.3. The minimum absolute atomic E-state index is 0.295. The molecule has 80 valence electrons. The van der Waals surface area contributed by atoms with E-state index in [1.165, 1.54) is 24.1 Å². The Morgan fingerprint density at radius 2 is 1.79 bits per heavy atom.